The Kier molecular flexibility index (Phi) is 4.79. The van der Waals surface area contributed by atoms with Crippen molar-refractivity contribution in [2.45, 2.75) is 57.8 Å². The fourth-order valence-corrected chi connectivity index (χ4v) is 2.80. The summed E-state index contributed by atoms with van der Waals surface area (Å²) in [6, 6.07) is 9.77. The minimum Gasteiger partial charge on any atom is -0.386 e. The first-order valence-corrected chi connectivity index (χ1v) is 7.05. The van der Waals surface area contributed by atoms with Crippen molar-refractivity contribution in [1.82, 2.24) is 0 Å². The van der Waals surface area contributed by atoms with Crippen LogP contribution in [0.2, 0.25) is 0 Å². The highest BCUT2D eigenvalue weighted by atomic mass is 16.5. The Hall–Kier alpha value is -0.860. The Labute approximate surface area is 110 Å². The van der Waals surface area contributed by atoms with E-state index in [0.29, 0.717) is 6.10 Å². The molecule has 0 aromatic heterocycles. The molecule has 1 aliphatic rings. The van der Waals surface area contributed by atoms with Crippen LogP contribution in [0.5, 0.6) is 0 Å². The highest BCUT2D eigenvalue weighted by Crippen LogP contribution is 2.29. The first-order chi connectivity index (χ1) is 8.66. The molecule has 4 atom stereocenters. The lowest BCUT2D eigenvalue weighted by Gasteiger charge is -2.31. The van der Waals surface area contributed by atoms with Gasteiger partial charge in [-0.2, -0.15) is 0 Å². The molecule has 18 heavy (non-hydrogen) atoms. The monoisotopic (exact) mass is 248 g/mol. The van der Waals surface area contributed by atoms with Crippen LogP contribution >= 0.6 is 0 Å². The van der Waals surface area contributed by atoms with Crippen molar-refractivity contribution in [3.05, 3.63) is 35.9 Å². The third-order valence-corrected chi connectivity index (χ3v) is 3.88. The fraction of sp³-hybridized carbons (Fsp3) is 0.625. The second kappa shape index (κ2) is 6.35. The molecular formula is C16H24O2. The molecule has 100 valence electrons. The Morgan fingerprint density at radius 1 is 1.22 bits per heavy atom. The maximum Gasteiger partial charge on any atom is 0.105 e. The molecule has 2 heteroatoms. The summed E-state index contributed by atoms with van der Waals surface area (Å²) >= 11 is 0. The highest BCUT2D eigenvalue weighted by Gasteiger charge is 2.24. The van der Waals surface area contributed by atoms with E-state index in [4.69, 9.17) is 4.74 Å². The average Bonchev–Trinajstić information content (AvgIpc) is 2.39. The summed E-state index contributed by atoms with van der Waals surface area (Å²) in [5.41, 5.74) is 0.939. The number of hydrogen-bond acceptors (Lipinski definition) is 2. The lowest BCUT2D eigenvalue weighted by atomic mass is 9.88. The molecular weight excluding hydrogens is 224 g/mol. The van der Waals surface area contributed by atoms with E-state index in [1.165, 1.54) is 12.8 Å². The van der Waals surface area contributed by atoms with Crippen LogP contribution in [0.4, 0.5) is 0 Å². The molecule has 1 N–H and O–H groups in total. The zero-order chi connectivity index (χ0) is 13.0. The molecule has 0 radical (unpaired) electrons. The molecule has 1 aromatic carbocycles. The minimum absolute atomic E-state index is 0.136. The SMILES string of the molecule is CC1CCCC(OC(C)C(O)c2ccccc2)C1. The van der Waals surface area contributed by atoms with E-state index < -0.39 is 6.10 Å². The van der Waals surface area contributed by atoms with E-state index in [1.54, 1.807) is 0 Å². The molecule has 0 saturated heterocycles. The first kappa shape index (κ1) is 13.6. The third-order valence-electron chi connectivity index (χ3n) is 3.88. The van der Waals surface area contributed by atoms with E-state index in [-0.39, 0.29) is 6.10 Å². The quantitative estimate of drug-likeness (QED) is 0.880. The van der Waals surface area contributed by atoms with Gasteiger partial charge in [-0.1, -0.05) is 50.1 Å². The Morgan fingerprint density at radius 3 is 2.61 bits per heavy atom. The summed E-state index contributed by atoms with van der Waals surface area (Å²) in [6.07, 6.45) is 4.49. The van der Waals surface area contributed by atoms with Crippen LogP contribution in [0.25, 0.3) is 0 Å². The van der Waals surface area contributed by atoms with Crippen molar-refractivity contribution in [3.63, 3.8) is 0 Å². The maximum absolute atomic E-state index is 10.3. The molecule has 0 amide bonds. The van der Waals surface area contributed by atoms with Crippen LogP contribution in [0.1, 0.15) is 51.2 Å². The molecule has 1 aliphatic carbocycles. The van der Waals surface area contributed by atoms with E-state index in [2.05, 4.69) is 6.92 Å². The molecule has 1 aromatic rings. The Morgan fingerprint density at radius 2 is 1.94 bits per heavy atom. The van der Waals surface area contributed by atoms with E-state index >= 15 is 0 Å². The molecule has 0 heterocycles. The van der Waals surface area contributed by atoms with Gasteiger partial charge in [0.15, 0.2) is 0 Å². The van der Waals surface area contributed by atoms with Gasteiger partial charge in [0.2, 0.25) is 0 Å². The highest BCUT2D eigenvalue weighted by molar-refractivity contribution is 5.18. The summed E-state index contributed by atoms with van der Waals surface area (Å²) in [5.74, 6) is 0.754. The number of benzene rings is 1. The summed E-state index contributed by atoms with van der Waals surface area (Å²) in [4.78, 5) is 0. The largest absolute Gasteiger partial charge is 0.386 e. The number of rotatable bonds is 4. The predicted octanol–water partition coefficient (Wildman–Crippen LogP) is 3.70. The van der Waals surface area contributed by atoms with E-state index in [9.17, 15) is 5.11 Å². The van der Waals surface area contributed by atoms with Gasteiger partial charge in [-0.05, 0) is 31.2 Å². The summed E-state index contributed by atoms with van der Waals surface area (Å²) in [5, 5.41) is 10.3. The van der Waals surface area contributed by atoms with Crippen LogP contribution in [-0.2, 0) is 4.74 Å². The Bertz CT molecular complexity index is 349. The van der Waals surface area contributed by atoms with Crippen molar-refractivity contribution < 1.29 is 9.84 Å². The third kappa shape index (κ3) is 3.56. The van der Waals surface area contributed by atoms with E-state index in [0.717, 1.165) is 24.3 Å². The zero-order valence-electron chi connectivity index (χ0n) is 11.4. The van der Waals surface area contributed by atoms with Crippen LogP contribution in [0.3, 0.4) is 0 Å². The second-order valence-electron chi connectivity index (χ2n) is 5.59. The van der Waals surface area contributed by atoms with Gasteiger partial charge < -0.3 is 9.84 Å². The van der Waals surface area contributed by atoms with Crippen molar-refractivity contribution >= 4 is 0 Å². The van der Waals surface area contributed by atoms with E-state index in [1.807, 2.05) is 37.3 Å². The molecule has 4 unspecified atom stereocenters. The maximum atomic E-state index is 10.3. The zero-order valence-corrected chi connectivity index (χ0v) is 11.4. The number of aliphatic hydroxyl groups is 1. The normalized spacial score (nSPS) is 27.7. The fourth-order valence-electron chi connectivity index (χ4n) is 2.80. The number of ether oxygens (including phenoxy) is 1. The summed E-state index contributed by atoms with van der Waals surface area (Å²) in [7, 11) is 0. The van der Waals surface area contributed by atoms with Gasteiger partial charge in [0.25, 0.3) is 0 Å². The predicted molar refractivity (Wildman–Crippen MR) is 73.4 cm³/mol. The van der Waals surface area contributed by atoms with Crippen molar-refractivity contribution in [2.24, 2.45) is 5.92 Å². The average molecular weight is 248 g/mol. The lowest BCUT2D eigenvalue weighted by Crippen LogP contribution is -2.29. The van der Waals surface area contributed by atoms with Gasteiger partial charge in [-0.3, -0.25) is 0 Å². The van der Waals surface area contributed by atoms with Gasteiger partial charge in [0.05, 0.1) is 12.2 Å². The van der Waals surface area contributed by atoms with Gasteiger partial charge in [-0.15, -0.1) is 0 Å². The van der Waals surface area contributed by atoms with Crippen LogP contribution < -0.4 is 0 Å². The Balaban J connectivity index is 1.89. The molecule has 1 saturated carbocycles. The van der Waals surface area contributed by atoms with Crippen molar-refractivity contribution in [1.29, 1.82) is 0 Å². The lowest BCUT2D eigenvalue weighted by molar-refractivity contribution is -0.0849. The standard InChI is InChI=1S/C16H24O2/c1-12-7-6-10-15(11-12)18-13(2)16(17)14-8-4-3-5-9-14/h3-5,8-9,12-13,15-17H,6-7,10-11H2,1-2H3. The van der Waals surface area contributed by atoms with Gasteiger partial charge in [0, 0.05) is 0 Å². The van der Waals surface area contributed by atoms with Gasteiger partial charge >= 0.3 is 0 Å². The van der Waals surface area contributed by atoms with Crippen LogP contribution in [0.15, 0.2) is 30.3 Å². The van der Waals surface area contributed by atoms with Crippen molar-refractivity contribution in [3.8, 4) is 0 Å². The first-order valence-electron chi connectivity index (χ1n) is 7.05. The molecule has 1 fully saturated rings. The molecule has 2 rings (SSSR count). The van der Waals surface area contributed by atoms with Crippen LogP contribution in [-0.4, -0.2) is 17.3 Å². The second-order valence-corrected chi connectivity index (χ2v) is 5.59. The molecule has 0 aliphatic heterocycles. The van der Waals surface area contributed by atoms with Crippen LogP contribution in [0, 0.1) is 5.92 Å². The van der Waals surface area contributed by atoms with Gasteiger partial charge in [0.1, 0.15) is 6.10 Å². The number of hydrogen-bond donors (Lipinski definition) is 1. The minimum atomic E-state index is -0.525. The smallest absolute Gasteiger partial charge is 0.105 e. The number of aliphatic hydroxyl groups excluding tert-OH is 1. The molecule has 0 bridgehead atoms. The molecule has 0 spiro atoms. The van der Waals surface area contributed by atoms with Crippen molar-refractivity contribution in [2.75, 3.05) is 0 Å². The summed E-state index contributed by atoms with van der Waals surface area (Å²) in [6.45, 7) is 4.25. The van der Waals surface area contributed by atoms with Gasteiger partial charge in [-0.25, -0.2) is 0 Å². The summed E-state index contributed by atoms with van der Waals surface area (Å²) < 4.78 is 6.03. The topological polar surface area (TPSA) is 29.5 Å². The molecule has 2 nitrogen and oxygen atoms in total.